The number of anilines is 1. The van der Waals surface area contributed by atoms with E-state index in [0.717, 1.165) is 36.3 Å². The first-order valence-electron chi connectivity index (χ1n) is 10.6. The van der Waals surface area contributed by atoms with Crippen LogP contribution in [0.25, 0.3) is 0 Å². The zero-order valence-electron chi connectivity index (χ0n) is 17.2. The van der Waals surface area contributed by atoms with E-state index in [-0.39, 0.29) is 12.5 Å². The molecular formula is C23H25N5O3. The molecule has 2 fully saturated rings. The summed E-state index contributed by atoms with van der Waals surface area (Å²) < 4.78 is 0. The van der Waals surface area contributed by atoms with Crippen LogP contribution in [0.5, 0.6) is 0 Å². The first-order chi connectivity index (χ1) is 15.1. The van der Waals surface area contributed by atoms with Crippen molar-refractivity contribution in [2.45, 2.75) is 44.1 Å². The maximum atomic E-state index is 12.9. The third kappa shape index (κ3) is 4.79. The highest BCUT2D eigenvalue weighted by molar-refractivity contribution is 6.10. The average Bonchev–Trinajstić information content (AvgIpc) is 2.94. The summed E-state index contributed by atoms with van der Waals surface area (Å²) in [5, 5.41) is 13.9. The van der Waals surface area contributed by atoms with Crippen LogP contribution < -0.4 is 10.6 Å². The Hall–Kier alpha value is -3.55. The highest BCUT2D eigenvalue weighted by atomic mass is 16.2. The van der Waals surface area contributed by atoms with Gasteiger partial charge < -0.3 is 10.6 Å². The van der Waals surface area contributed by atoms with Crippen LogP contribution in [0.15, 0.2) is 64.8 Å². The molecule has 2 aromatic carbocycles. The number of rotatable bonds is 5. The molecule has 1 aliphatic heterocycles. The van der Waals surface area contributed by atoms with Gasteiger partial charge in [0.25, 0.3) is 5.91 Å². The van der Waals surface area contributed by atoms with Gasteiger partial charge in [0.05, 0.1) is 11.4 Å². The molecule has 2 aromatic rings. The summed E-state index contributed by atoms with van der Waals surface area (Å²) in [5.74, 6) is -0.709. The molecule has 8 nitrogen and oxygen atoms in total. The Labute approximate surface area is 180 Å². The minimum atomic E-state index is -0.834. The number of nitrogens with one attached hydrogen (secondary N) is 2. The first kappa shape index (κ1) is 20.7. The van der Waals surface area contributed by atoms with Gasteiger partial charge in [0.1, 0.15) is 12.1 Å². The molecule has 0 bridgehead atoms. The van der Waals surface area contributed by atoms with Gasteiger partial charge in [-0.2, -0.15) is 10.2 Å². The number of urea groups is 1. The minimum Gasteiger partial charge on any atom is -0.325 e. The average molecular weight is 419 g/mol. The van der Waals surface area contributed by atoms with Gasteiger partial charge in [-0.25, -0.2) is 4.79 Å². The van der Waals surface area contributed by atoms with Crippen LogP contribution in [0.4, 0.5) is 21.9 Å². The fourth-order valence-electron chi connectivity index (χ4n) is 4.06. The lowest BCUT2D eigenvalue weighted by Crippen LogP contribution is -2.47. The van der Waals surface area contributed by atoms with Gasteiger partial charge in [0.2, 0.25) is 5.91 Å². The fourth-order valence-corrected chi connectivity index (χ4v) is 4.06. The molecule has 160 valence electrons. The molecule has 1 saturated heterocycles. The Morgan fingerprint density at radius 1 is 0.903 bits per heavy atom. The second-order valence-corrected chi connectivity index (χ2v) is 7.95. The van der Waals surface area contributed by atoms with Crippen molar-refractivity contribution in [1.29, 1.82) is 0 Å². The molecule has 1 aliphatic carbocycles. The summed E-state index contributed by atoms with van der Waals surface area (Å²) in [5.41, 5.74) is 1.12. The second kappa shape index (κ2) is 9.07. The number of imide groups is 1. The van der Waals surface area contributed by atoms with Gasteiger partial charge in [-0.15, -0.1) is 0 Å². The van der Waals surface area contributed by atoms with Crippen LogP contribution in [0.3, 0.4) is 0 Å². The maximum absolute atomic E-state index is 12.9. The minimum absolute atomic E-state index is 0.286. The second-order valence-electron chi connectivity index (χ2n) is 7.95. The molecule has 4 rings (SSSR count). The van der Waals surface area contributed by atoms with E-state index < -0.39 is 17.5 Å². The lowest BCUT2D eigenvalue weighted by Gasteiger charge is -2.24. The largest absolute Gasteiger partial charge is 0.325 e. The molecule has 2 N–H and O–H groups in total. The molecular weight excluding hydrogens is 394 g/mol. The van der Waals surface area contributed by atoms with Crippen LogP contribution in [-0.4, -0.2) is 34.8 Å². The van der Waals surface area contributed by atoms with Crippen molar-refractivity contribution < 1.29 is 14.4 Å². The van der Waals surface area contributed by atoms with Crippen molar-refractivity contribution in [2.75, 3.05) is 11.9 Å². The molecule has 8 heteroatoms. The van der Waals surface area contributed by atoms with E-state index >= 15 is 0 Å². The number of azo groups is 1. The smallest absolute Gasteiger partial charge is 0.325 e. The number of hydrogen-bond acceptors (Lipinski definition) is 5. The zero-order valence-corrected chi connectivity index (χ0v) is 17.2. The number of amides is 4. The summed E-state index contributed by atoms with van der Waals surface area (Å²) in [7, 11) is 0. The Kier molecular flexibility index (Phi) is 6.06. The maximum Gasteiger partial charge on any atom is 0.325 e. The topological polar surface area (TPSA) is 103 Å². The van der Waals surface area contributed by atoms with E-state index in [0.29, 0.717) is 24.2 Å². The van der Waals surface area contributed by atoms with Gasteiger partial charge in [-0.1, -0.05) is 43.9 Å². The van der Waals surface area contributed by atoms with E-state index in [1.807, 2.05) is 30.3 Å². The van der Waals surface area contributed by atoms with E-state index in [1.165, 1.54) is 0 Å². The standard InChI is InChI=1S/C23H25N5O3/c29-20(16-28-21(30)23(25-22(28)31)14-6-1-2-7-15-23)24-17-10-12-19(13-11-17)27-26-18-8-4-3-5-9-18/h3-5,8-13H,1-2,6-7,14-16H2,(H,24,29)(H,25,31). The van der Waals surface area contributed by atoms with E-state index in [4.69, 9.17) is 0 Å². The Balaban J connectivity index is 1.35. The lowest BCUT2D eigenvalue weighted by molar-refractivity contribution is -0.134. The molecule has 1 spiro atoms. The number of hydrogen-bond donors (Lipinski definition) is 2. The molecule has 31 heavy (non-hydrogen) atoms. The van der Waals surface area contributed by atoms with Crippen LogP contribution in [0.2, 0.25) is 0 Å². The normalized spacial score (nSPS) is 18.3. The van der Waals surface area contributed by atoms with Gasteiger partial charge >= 0.3 is 6.03 Å². The van der Waals surface area contributed by atoms with E-state index in [9.17, 15) is 14.4 Å². The van der Waals surface area contributed by atoms with E-state index in [2.05, 4.69) is 20.9 Å². The van der Waals surface area contributed by atoms with Crippen LogP contribution in [-0.2, 0) is 9.59 Å². The Morgan fingerprint density at radius 3 is 2.16 bits per heavy atom. The van der Waals surface area contributed by atoms with Crippen molar-refractivity contribution in [3.63, 3.8) is 0 Å². The monoisotopic (exact) mass is 419 g/mol. The van der Waals surface area contributed by atoms with Gasteiger partial charge in [-0.05, 0) is 49.2 Å². The SMILES string of the molecule is O=C(CN1C(=O)NC2(CCCCCC2)C1=O)Nc1ccc(N=Nc2ccccc2)cc1. The quantitative estimate of drug-likeness (QED) is 0.543. The van der Waals surface area contributed by atoms with Crippen LogP contribution in [0.1, 0.15) is 38.5 Å². The molecule has 4 amide bonds. The number of carbonyl (C=O) groups excluding carboxylic acids is 3. The molecule has 2 aliphatic rings. The van der Waals surface area contributed by atoms with Crippen molar-refractivity contribution >= 4 is 34.9 Å². The van der Waals surface area contributed by atoms with Gasteiger partial charge in [0.15, 0.2) is 0 Å². The summed E-state index contributed by atoms with van der Waals surface area (Å²) in [6.07, 6.45) is 5.20. The molecule has 0 aromatic heterocycles. The number of nitrogens with zero attached hydrogens (tertiary/aromatic N) is 3. The van der Waals surface area contributed by atoms with Crippen LogP contribution in [0, 0.1) is 0 Å². The summed E-state index contributed by atoms with van der Waals surface area (Å²) in [6.45, 7) is -0.304. The van der Waals surface area contributed by atoms with E-state index in [1.54, 1.807) is 24.3 Å². The first-order valence-corrected chi connectivity index (χ1v) is 10.6. The van der Waals surface area contributed by atoms with Crippen molar-refractivity contribution in [2.24, 2.45) is 10.2 Å². The molecule has 1 heterocycles. The van der Waals surface area contributed by atoms with Crippen molar-refractivity contribution in [3.8, 4) is 0 Å². The number of benzene rings is 2. The van der Waals surface area contributed by atoms with Gasteiger partial charge in [-0.3, -0.25) is 14.5 Å². The fraction of sp³-hybridized carbons (Fsp3) is 0.348. The van der Waals surface area contributed by atoms with Crippen molar-refractivity contribution in [3.05, 3.63) is 54.6 Å². The third-order valence-corrected chi connectivity index (χ3v) is 5.69. The highest BCUT2D eigenvalue weighted by Gasteiger charge is 2.51. The summed E-state index contributed by atoms with van der Waals surface area (Å²) in [6, 6.07) is 15.8. The molecule has 0 atom stereocenters. The molecule has 1 saturated carbocycles. The summed E-state index contributed by atoms with van der Waals surface area (Å²) >= 11 is 0. The Morgan fingerprint density at radius 2 is 1.52 bits per heavy atom. The third-order valence-electron chi connectivity index (χ3n) is 5.69. The number of carbonyl (C=O) groups is 3. The van der Waals surface area contributed by atoms with Crippen LogP contribution >= 0.6 is 0 Å². The zero-order chi connectivity index (χ0) is 21.7. The molecule has 0 radical (unpaired) electrons. The predicted molar refractivity (Wildman–Crippen MR) is 116 cm³/mol. The molecule has 0 unspecified atom stereocenters. The Bertz CT molecular complexity index is 980. The lowest BCUT2D eigenvalue weighted by atomic mass is 9.90. The summed E-state index contributed by atoms with van der Waals surface area (Å²) in [4.78, 5) is 38.8. The van der Waals surface area contributed by atoms with Crippen molar-refractivity contribution in [1.82, 2.24) is 10.2 Å². The highest BCUT2D eigenvalue weighted by Crippen LogP contribution is 2.32. The predicted octanol–water partition coefficient (Wildman–Crippen LogP) is 4.69. The van der Waals surface area contributed by atoms with Gasteiger partial charge in [0, 0.05) is 5.69 Å².